The number of carbonyl (C=O) groups excluding carboxylic acids is 1. The van der Waals surface area contributed by atoms with E-state index < -0.39 is 0 Å². The van der Waals surface area contributed by atoms with Gasteiger partial charge in [0.2, 0.25) is 5.91 Å². The van der Waals surface area contributed by atoms with E-state index in [4.69, 9.17) is 11.6 Å². The Bertz CT molecular complexity index is 1080. The predicted octanol–water partition coefficient (Wildman–Crippen LogP) is 4.29. The number of piperidine rings is 1. The molecule has 1 aliphatic heterocycles. The zero-order valence-corrected chi connectivity index (χ0v) is 16.7. The highest BCUT2D eigenvalue weighted by Gasteiger charge is 2.27. The summed E-state index contributed by atoms with van der Waals surface area (Å²) in [6.07, 6.45) is 3.13. The summed E-state index contributed by atoms with van der Waals surface area (Å²) in [5, 5.41) is 14.2. The number of rotatable bonds is 4. The number of aromatic nitrogens is 1. The first-order chi connectivity index (χ1) is 14.2. The van der Waals surface area contributed by atoms with Crippen LogP contribution in [-0.4, -0.2) is 24.0 Å². The molecule has 0 unspecified atom stereocenters. The Labute approximate surface area is 174 Å². The Morgan fingerprint density at radius 2 is 1.90 bits per heavy atom. The number of halogens is 1. The second-order valence-corrected chi connectivity index (χ2v) is 7.63. The largest absolute Gasteiger partial charge is 0.370 e. The predicted molar refractivity (Wildman–Crippen MR) is 115 cm³/mol. The molecule has 6 heteroatoms. The van der Waals surface area contributed by atoms with E-state index in [0.717, 1.165) is 48.1 Å². The number of benzene rings is 2. The van der Waals surface area contributed by atoms with Crippen molar-refractivity contribution in [1.29, 1.82) is 5.26 Å². The molecule has 3 aromatic rings. The number of para-hydroxylation sites is 1. The molecule has 5 nitrogen and oxygen atoms in total. The summed E-state index contributed by atoms with van der Waals surface area (Å²) in [6, 6.07) is 17.7. The van der Waals surface area contributed by atoms with E-state index in [1.54, 1.807) is 6.20 Å². The molecule has 146 valence electrons. The Kier molecular flexibility index (Phi) is 5.64. The number of nitrogens with one attached hydrogen (secondary N) is 1. The third-order valence-electron chi connectivity index (χ3n) is 5.46. The lowest BCUT2D eigenvalue weighted by Gasteiger charge is -2.34. The number of nitriles is 1. The van der Waals surface area contributed by atoms with E-state index in [9.17, 15) is 10.1 Å². The zero-order valence-electron chi connectivity index (χ0n) is 15.9. The van der Waals surface area contributed by atoms with Crippen LogP contribution in [0.1, 0.15) is 24.0 Å². The summed E-state index contributed by atoms with van der Waals surface area (Å²) < 4.78 is 0. The third-order valence-corrected chi connectivity index (χ3v) is 5.83. The molecule has 2 aromatic carbocycles. The summed E-state index contributed by atoms with van der Waals surface area (Å²) in [5.74, 6) is 0.0250. The normalized spacial score (nSPS) is 14.6. The third kappa shape index (κ3) is 4.03. The smallest absolute Gasteiger partial charge is 0.223 e. The Morgan fingerprint density at radius 3 is 2.66 bits per heavy atom. The van der Waals surface area contributed by atoms with Crippen LogP contribution in [0.25, 0.3) is 10.9 Å². The number of anilines is 1. The van der Waals surface area contributed by atoms with Gasteiger partial charge >= 0.3 is 0 Å². The lowest BCUT2D eigenvalue weighted by atomic mass is 9.94. The van der Waals surface area contributed by atoms with Crippen molar-refractivity contribution in [3.8, 4) is 6.07 Å². The molecular weight excluding hydrogens is 384 g/mol. The van der Waals surface area contributed by atoms with Gasteiger partial charge in [-0.2, -0.15) is 5.26 Å². The minimum Gasteiger partial charge on any atom is -0.370 e. The van der Waals surface area contributed by atoms with E-state index in [-0.39, 0.29) is 11.8 Å². The van der Waals surface area contributed by atoms with Crippen molar-refractivity contribution >= 4 is 34.1 Å². The maximum absolute atomic E-state index is 12.6. The van der Waals surface area contributed by atoms with E-state index in [2.05, 4.69) is 21.3 Å². The van der Waals surface area contributed by atoms with Crippen LogP contribution >= 0.6 is 11.6 Å². The molecule has 29 heavy (non-hydrogen) atoms. The van der Waals surface area contributed by atoms with Crippen molar-refractivity contribution in [3.05, 3.63) is 70.9 Å². The fraction of sp³-hybridized carbons (Fsp3) is 0.261. The number of fused-ring (bicyclic) bond motifs is 1. The fourth-order valence-corrected chi connectivity index (χ4v) is 4.09. The summed E-state index contributed by atoms with van der Waals surface area (Å²) in [4.78, 5) is 19.2. The van der Waals surface area contributed by atoms with E-state index >= 15 is 0 Å². The van der Waals surface area contributed by atoms with Crippen LogP contribution in [0.15, 0.2) is 54.7 Å². The topological polar surface area (TPSA) is 69.0 Å². The molecule has 1 saturated heterocycles. The maximum Gasteiger partial charge on any atom is 0.223 e. The molecule has 1 amide bonds. The van der Waals surface area contributed by atoms with Crippen molar-refractivity contribution in [2.45, 2.75) is 19.4 Å². The van der Waals surface area contributed by atoms with Gasteiger partial charge in [-0.1, -0.05) is 48.0 Å². The van der Waals surface area contributed by atoms with Gasteiger partial charge in [0.1, 0.15) is 6.07 Å². The highest BCUT2D eigenvalue weighted by Crippen LogP contribution is 2.32. The fourth-order valence-electron chi connectivity index (χ4n) is 3.88. The first-order valence-electron chi connectivity index (χ1n) is 9.71. The molecule has 0 spiro atoms. The maximum atomic E-state index is 12.6. The highest BCUT2D eigenvalue weighted by atomic mass is 35.5. The number of pyridine rings is 1. The highest BCUT2D eigenvalue weighted by molar-refractivity contribution is 6.31. The zero-order chi connectivity index (χ0) is 20.2. The molecule has 1 aliphatic rings. The van der Waals surface area contributed by atoms with Gasteiger partial charge in [0, 0.05) is 42.2 Å². The van der Waals surface area contributed by atoms with Crippen LogP contribution in [-0.2, 0) is 11.3 Å². The van der Waals surface area contributed by atoms with Gasteiger partial charge in [-0.15, -0.1) is 0 Å². The van der Waals surface area contributed by atoms with Crippen molar-refractivity contribution in [3.63, 3.8) is 0 Å². The SMILES string of the molecule is N#Cc1cnc2ccccc2c1N1CCC(C(=O)NCc2ccccc2Cl)CC1. The van der Waals surface area contributed by atoms with Crippen molar-refractivity contribution < 1.29 is 4.79 Å². The van der Waals surface area contributed by atoms with Gasteiger partial charge in [-0.25, -0.2) is 0 Å². The van der Waals surface area contributed by atoms with Crippen molar-refractivity contribution in [2.24, 2.45) is 5.92 Å². The molecule has 2 heterocycles. The molecule has 0 atom stereocenters. The minimum absolute atomic E-state index is 0.0348. The van der Waals surface area contributed by atoms with E-state index in [1.165, 1.54) is 0 Å². The summed E-state index contributed by atoms with van der Waals surface area (Å²) >= 11 is 6.17. The molecule has 1 aromatic heterocycles. The first kappa shape index (κ1) is 19.2. The van der Waals surface area contributed by atoms with Crippen LogP contribution in [0.2, 0.25) is 5.02 Å². The summed E-state index contributed by atoms with van der Waals surface area (Å²) in [5.41, 5.74) is 3.29. The molecule has 4 rings (SSSR count). The number of hydrogen-bond donors (Lipinski definition) is 1. The Balaban J connectivity index is 1.44. The quantitative estimate of drug-likeness (QED) is 0.704. The Morgan fingerprint density at radius 1 is 1.17 bits per heavy atom. The average Bonchev–Trinajstić information content (AvgIpc) is 2.77. The molecular formula is C23H21ClN4O. The van der Waals surface area contributed by atoms with Crippen molar-refractivity contribution in [2.75, 3.05) is 18.0 Å². The van der Waals surface area contributed by atoms with Crippen LogP contribution in [0.4, 0.5) is 5.69 Å². The van der Waals surface area contributed by atoms with Gasteiger partial charge < -0.3 is 10.2 Å². The van der Waals surface area contributed by atoms with Gasteiger partial charge in [0.05, 0.1) is 16.8 Å². The van der Waals surface area contributed by atoms with Crippen LogP contribution in [0.3, 0.4) is 0 Å². The van der Waals surface area contributed by atoms with Crippen molar-refractivity contribution in [1.82, 2.24) is 10.3 Å². The number of hydrogen-bond acceptors (Lipinski definition) is 4. The first-order valence-corrected chi connectivity index (χ1v) is 10.1. The molecule has 0 aliphatic carbocycles. The Hall–Kier alpha value is -3.10. The molecule has 1 fully saturated rings. The minimum atomic E-state index is -0.0348. The lowest BCUT2D eigenvalue weighted by molar-refractivity contribution is -0.125. The number of amides is 1. The van der Waals surface area contributed by atoms with E-state index in [1.807, 2.05) is 48.5 Å². The second kappa shape index (κ2) is 8.50. The second-order valence-electron chi connectivity index (χ2n) is 7.22. The summed E-state index contributed by atoms with van der Waals surface area (Å²) in [6.45, 7) is 1.89. The molecule has 0 bridgehead atoms. The van der Waals surface area contributed by atoms with Crippen LogP contribution in [0, 0.1) is 17.2 Å². The molecule has 0 saturated carbocycles. The van der Waals surface area contributed by atoms with Gasteiger partial charge in [0.25, 0.3) is 0 Å². The number of carbonyl (C=O) groups is 1. The molecule has 1 N–H and O–H groups in total. The van der Waals surface area contributed by atoms with Gasteiger partial charge in [-0.3, -0.25) is 9.78 Å². The standard InChI is InChI=1S/C23H21ClN4O/c24-20-7-3-1-5-17(20)14-27-23(29)16-9-11-28(12-10-16)22-18(13-25)15-26-21-8-4-2-6-19(21)22/h1-8,15-16H,9-12,14H2,(H,27,29). The van der Waals surface area contributed by atoms with Crippen LogP contribution < -0.4 is 10.2 Å². The molecule has 0 radical (unpaired) electrons. The number of nitrogens with zero attached hydrogens (tertiary/aromatic N) is 3. The average molecular weight is 405 g/mol. The van der Waals surface area contributed by atoms with Gasteiger partial charge in [-0.05, 0) is 30.5 Å². The van der Waals surface area contributed by atoms with Gasteiger partial charge in [0.15, 0.2) is 0 Å². The van der Waals surface area contributed by atoms with Crippen LogP contribution in [0.5, 0.6) is 0 Å². The monoisotopic (exact) mass is 404 g/mol. The van der Waals surface area contributed by atoms with E-state index in [0.29, 0.717) is 17.1 Å². The summed E-state index contributed by atoms with van der Waals surface area (Å²) in [7, 11) is 0. The lowest BCUT2D eigenvalue weighted by Crippen LogP contribution is -2.40.